The molecule has 4 rings (SSSR count). The van der Waals surface area contributed by atoms with Gasteiger partial charge in [0.05, 0.1) is 30.8 Å². The number of rotatable bonds is 6. The quantitative estimate of drug-likeness (QED) is 0.662. The number of amides is 2. The Labute approximate surface area is 164 Å². The number of nitrogens with one attached hydrogen (secondary N) is 2. The minimum Gasteiger partial charge on any atom is -0.373 e. The lowest BCUT2D eigenvalue weighted by atomic mass is 9.81. The minimum absolute atomic E-state index is 0.253. The number of nitrogens with zero attached hydrogens (tertiary/aromatic N) is 2. The van der Waals surface area contributed by atoms with Gasteiger partial charge >= 0.3 is 6.03 Å². The van der Waals surface area contributed by atoms with Crippen molar-refractivity contribution in [3.05, 3.63) is 84.4 Å². The highest BCUT2D eigenvalue weighted by Crippen LogP contribution is 2.37. The van der Waals surface area contributed by atoms with Crippen LogP contribution in [-0.4, -0.2) is 22.1 Å². The molecule has 0 saturated heterocycles. The van der Waals surface area contributed by atoms with Crippen molar-refractivity contribution in [1.29, 1.82) is 0 Å². The number of hydrogen-bond acceptors (Lipinski definition) is 4. The first-order valence-corrected chi connectivity index (χ1v) is 9.37. The van der Waals surface area contributed by atoms with E-state index in [1.165, 1.54) is 5.56 Å². The summed E-state index contributed by atoms with van der Waals surface area (Å²) in [5.41, 5.74) is 2.48. The fourth-order valence-electron chi connectivity index (χ4n) is 3.13. The summed E-state index contributed by atoms with van der Waals surface area (Å²) in [4.78, 5) is 20.8. The van der Waals surface area contributed by atoms with Gasteiger partial charge in [0, 0.05) is 11.6 Å². The van der Waals surface area contributed by atoms with Crippen molar-refractivity contribution in [3.63, 3.8) is 0 Å². The van der Waals surface area contributed by atoms with Gasteiger partial charge < -0.3 is 15.4 Å². The SMILES string of the molecule is O=C(Nc1ccccc1)Nc1cnc(C2CC(OCc3ccccc3)C2)nc1. The second-order valence-electron chi connectivity index (χ2n) is 6.86. The molecule has 0 aliphatic heterocycles. The Bertz CT molecular complexity index is 895. The summed E-state index contributed by atoms with van der Waals surface area (Å²) in [6.45, 7) is 0.637. The van der Waals surface area contributed by atoms with Crippen LogP contribution in [-0.2, 0) is 11.3 Å². The third-order valence-corrected chi connectivity index (χ3v) is 4.75. The van der Waals surface area contributed by atoms with E-state index in [4.69, 9.17) is 4.74 Å². The lowest BCUT2D eigenvalue weighted by Gasteiger charge is -2.34. The maximum Gasteiger partial charge on any atom is 0.323 e. The summed E-state index contributed by atoms with van der Waals surface area (Å²) in [5, 5.41) is 5.50. The van der Waals surface area contributed by atoms with Crippen LogP contribution in [0, 0.1) is 0 Å². The van der Waals surface area contributed by atoms with E-state index < -0.39 is 0 Å². The first kappa shape index (κ1) is 18.1. The van der Waals surface area contributed by atoms with E-state index in [9.17, 15) is 4.79 Å². The molecule has 0 radical (unpaired) electrons. The van der Waals surface area contributed by atoms with Gasteiger partial charge in [-0.05, 0) is 30.5 Å². The zero-order valence-corrected chi connectivity index (χ0v) is 15.4. The van der Waals surface area contributed by atoms with Gasteiger partial charge in [0.25, 0.3) is 0 Å². The summed E-state index contributed by atoms with van der Waals surface area (Å²) in [5.74, 6) is 1.11. The molecule has 2 N–H and O–H groups in total. The van der Waals surface area contributed by atoms with Gasteiger partial charge in [-0.15, -0.1) is 0 Å². The molecule has 28 heavy (non-hydrogen) atoms. The van der Waals surface area contributed by atoms with Gasteiger partial charge in [-0.1, -0.05) is 48.5 Å². The molecule has 0 unspecified atom stereocenters. The summed E-state index contributed by atoms with van der Waals surface area (Å²) >= 11 is 0. The fraction of sp³-hybridized carbons (Fsp3) is 0.227. The molecule has 1 saturated carbocycles. The number of anilines is 2. The Morgan fingerprint density at radius 3 is 2.18 bits per heavy atom. The molecule has 6 nitrogen and oxygen atoms in total. The first-order valence-electron chi connectivity index (χ1n) is 9.37. The molecule has 6 heteroatoms. The summed E-state index contributed by atoms with van der Waals surface area (Å²) in [6, 6.07) is 19.1. The third-order valence-electron chi connectivity index (χ3n) is 4.75. The van der Waals surface area contributed by atoms with Crippen LogP contribution in [0.1, 0.15) is 30.1 Å². The first-order chi connectivity index (χ1) is 13.8. The molecule has 0 bridgehead atoms. The van der Waals surface area contributed by atoms with E-state index >= 15 is 0 Å². The van der Waals surface area contributed by atoms with E-state index in [0.29, 0.717) is 18.2 Å². The van der Waals surface area contributed by atoms with Gasteiger partial charge in [-0.2, -0.15) is 0 Å². The molecule has 1 aliphatic rings. The zero-order valence-electron chi connectivity index (χ0n) is 15.4. The maximum atomic E-state index is 12.0. The van der Waals surface area contributed by atoms with Crippen LogP contribution in [0.3, 0.4) is 0 Å². The third kappa shape index (κ3) is 4.72. The second kappa shape index (κ2) is 8.63. The highest BCUT2D eigenvalue weighted by molar-refractivity contribution is 5.99. The monoisotopic (exact) mass is 374 g/mol. The van der Waals surface area contributed by atoms with E-state index in [1.54, 1.807) is 12.4 Å². The summed E-state index contributed by atoms with van der Waals surface area (Å²) < 4.78 is 5.93. The van der Waals surface area contributed by atoms with Crippen molar-refractivity contribution < 1.29 is 9.53 Å². The van der Waals surface area contributed by atoms with Crippen LogP contribution in [0.15, 0.2) is 73.1 Å². The van der Waals surface area contributed by atoms with Crippen LogP contribution >= 0.6 is 0 Å². The van der Waals surface area contributed by atoms with Gasteiger partial charge in [0.2, 0.25) is 0 Å². The lowest BCUT2D eigenvalue weighted by Crippen LogP contribution is -2.30. The Hall–Kier alpha value is -3.25. The maximum absolute atomic E-state index is 12.0. The van der Waals surface area contributed by atoms with Crippen LogP contribution in [0.5, 0.6) is 0 Å². The van der Waals surface area contributed by atoms with Crippen LogP contribution in [0.25, 0.3) is 0 Å². The number of aromatic nitrogens is 2. The van der Waals surface area contributed by atoms with E-state index in [0.717, 1.165) is 24.4 Å². The predicted octanol–water partition coefficient (Wildman–Crippen LogP) is 4.58. The van der Waals surface area contributed by atoms with Gasteiger partial charge in [0.1, 0.15) is 5.82 Å². The molecule has 142 valence electrons. The fourth-order valence-corrected chi connectivity index (χ4v) is 3.13. The van der Waals surface area contributed by atoms with Crippen molar-refractivity contribution in [2.24, 2.45) is 0 Å². The van der Waals surface area contributed by atoms with E-state index in [-0.39, 0.29) is 12.1 Å². The van der Waals surface area contributed by atoms with Crippen molar-refractivity contribution >= 4 is 17.4 Å². The molecular weight excluding hydrogens is 352 g/mol. The molecule has 3 aromatic rings. The minimum atomic E-state index is -0.319. The molecule has 2 aromatic carbocycles. The van der Waals surface area contributed by atoms with Crippen molar-refractivity contribution in [3.8, 4) is 0 Å². The molecule has 1 heterocycles. The number of carbonyl (C=O) groups is 1. The van der Waals surface area contributed by atoms with E-state index in [2.05, 4.69) is 32.7 Å². The average molecular weight is 374 g/mol. The van der Waals surface area contributed by atoms with Crippen LogP contribution in [0.2, 0.25) is 0 Å². The van der Waals surface area contributed by atoms with Gasteiger partial charge in [-0.3, -0.25) is 0 Å². The second-order valence-corrected chi connectivity index (χ2v) is 6.86. The van der Waals surface area contributed by atoms with Crippen molar-refractivity contribution in [1.82, 2.24) is 9.97 Å². The number of carbonyl (C=O) groups excluding carboxylic acids is 1. The number of para-hydroxylation sites is 1. The molecular formula is C22H22N4O2. The number of benzene rings is 2. The van der Waals surface area contributed by atoms with Gasteiger partial charge in [-0.25, -0.2) is 14.8 Å². The Balaban J connectivity index is 1.22. The van der Waals surface area contributed by atoms with Crippen LogP contribution < -0.4 is 10.6 Å². The zero-order chi connectivity index (χ0) is 19.2. The lowest BCUT2D eigenvalue weighted by molar-refractivity contribution is -0.0223. The van der Waals surface area contributed by atoms with Crippen molar-refractivity contribution in [2.45, 2.75) is 31.5 Å². The standard InChI is InChI=1S/C22H22N4O2/c27-22(25-18-9-5-2-6-10-18)26-19-13-23-21(24-14-19)17-11-20(12-17)28-15-16-7-3-1-4-8-16/h1-10,13-14,17,20H,11-12,15H2,(H2,25,26,27). The summed E-state index contributed by atoms with van der Waals surface area (Å²) in [7, 11) is 0. The van der Waals surface area contributed by atoms with Crippen molar-refractivity contribution in [2.75, 3.05) is 10.6 Å². The topological polar surface area (TPSA) is 76.1 Å². The molecule has 0 atom stereocenters. The highest BCUT2D eigenvalue weighted by Gasteiger charge is 2.33. The smallest absolute Gasteiger partial charge is 0.323 e. The highest BCUT2D eigenvalue weighted by atomic mass is 16.5. The molecule has 1 aromatic heterocycles. The predicted molar refractivity (Wildman–Crippen MR) is 108 cm³/mol. The number of ether oxygens (including phenoxy) is 1. The number of hydrogen-bond donors (Lipinski definition) is 2. The molecule has 1 fully saturated rings. The molecule has 0 spiro atoms. The molecule has 1 aliphatic carbocycles. The molecule has 2 amide bonds. The normalized spacial score (nSPS) is 18.1. The summed E-state index contributed by atoms with van der Waals surface area (Å²) in [6.07, 6.45) is 5.39. The van der Waals surface area contributed by atoms with E-state index in [1.807, 2.05) is 48.5 Å². The average Bonchev–Trinajstić information content (AvgIpc) is 2.69. The number of urea groups is 1. The Kier molecular flexibility index (Phi) is 5.58. The van der Waals surface area contributed by atoms with Crippen LogP contribution in [0.4, 0.5) is 16.2 Å². The Morgan fingerprint density at radius 2 is 1.50 bits per heavy atom. The Morgan fingerprint density at radius 1 is 0.893 bits per heavy atom. The van der Waals surface area contributed by atoms with Gasteiger partial charge in [0.15, 0.2) is 0 Å². The largest absolute Gasteiger partial charge is 0.373 e.